The molecule has 2 aromatic rings. The molecule has 0 saturated carbocycles. The van der Waals surface area contributed by atoms with Crippen LogP contribution in [-0.2, 0) is 16.1 Å². The fourth-order valence-corrected chi connectivity index (χ4v) is 3.01. The van der Waals surface area contributed by atoms with Crippen molar-refractivity contribution < 1.29 is 18.7 Å². The zero-order chi connectivity index (χ0) is 22.1. The van der Waals surface area contributed by atoms with Gasteiger partial charge >= 0.3 is 0 Å². The van der Waals surface area contributed by atoms with E-state index in [1.807, 2.05) is 39.8 Å². The first-order valence-electron chi connectivity index (χ1n) is 10.4. The zero-order valence-corrected chi connectivity index (χ0v) is 18.2. The van der Waals surface area contributed by atoms with E-state index >= 15 is 0 Å². The number of nitrogens with zero attached hydrogens (tertiary/aromatic N) is 1. The van der Waals surface area contributed by atoms with Crippen molar-refractivity contribution in [3.63, 3.8) is 0 Å². The van der Waals surface area contributed by atoms with Crippen LogP contribution in [0.2, 0.25) is 0 Å². The van der Waals surface area contributed by atoms with Crippen molar-refractivity contribution in [3.8, 4) is 5.75 Å². The van der Waals surface area contributed by atoms with Gasteiger partial charge in [-0.25, -0.2) is 4.39 Å². The van der Waals surface area contributed by atoms with E-state index in [1.54, 1.807) is 24.3 Å². The van der Waals surface area contributed by atoms with E-state index in [2.05, 4.69) is 5.32 Å². The number of amides is 2. The second-order valence-corrected chi connectivity index (χ2v) is 7.49. The molecular formula is C24H31FN2O3. The molecule has 2 rings (SSSR count). The van der Waals surface area contributed by atoms with E-state index in [0.29, 0.717) is 12.2 Å². The molecule has 0 aromatic heterocycles. The molecule has 30 heavy (non-hydrogen) atoms. The molecule has 0 radical (unpaired) electrons. The Bertz CT molecular complexity index is 821. The van der Waals surface area contributed by atoms with Crippen LogP contribution in [0.1, 0.15) is 44.7 Å². The van der Waals surface area contributed by atoms with Crippen LogP contribution in [0.15, 0.2) is 48.5 Å². The summed E-state index contributed by atoms with van der Waals surface area (Å²) in [7, 11) is 0. The molecule has 0 fully saturated rings. The van der Waals surface area contributed by atoms with Gasteiger partial charge in [-0.05, 0) is 56.5 Å². The van der Waals surface area contributed by atoms with Crippen molar-refractivity contribution in [2.45, 2.75) is 59.2 Å². The Labute approximate surface area is 178 Å². The largest absolute Gasteiger partial charge is 0.484 e. The summed E-state index contributed by atoms with van der Waals surface area (Å²) in [5.41, 5.74) is 1.84. The number of ether oxygens (including phenoxy) is 1. The number of carbonyl (C=O) groups excluding carboxylic acids is 2. The SMILES string of the molecule is CC[C@@H](C)NC(=O)[C@@H](CC)N(Cc1ccc(F)cc1)C(=O)COc1ccc(C)cc1. The fourth-order valence-electron chi connectivity index (χ4n) is 3.01. The van der Waals surface area contributed by atoms with Gasteiger partial charge in [0.15, 0.2) is 6.61 Å². The summed E-state index contributed by atoms with van der Waals surface area (Å²) in [5.74, 6) is -0.252. The average molecular weight is 415 g/mol. The number of hydrogen-bond acceptors (Lipinski definition) is 3. The lowest BCUT2D eigenvalue weighted by Gasteiger charge is -2.31. The first-order chi connectivity index (χ1) is 14.3. The maximum atomic E-state index is 13.3. The standard InChI is InChI=1S/C24H31FN2O3/c1-5-18(4)26-24(29)22(6-2)27(15-19-9-11-20(25)12-10-19)23(28)16-30-21-13-7-17(3)8-14-21/h7-14,18,22H,5-6,15-16H2,1-4H3,(H,26,29)/t18-,22-/m1/s1. The molecule has 2 aromatic carbocycles. The van der Waals surface area contributed by atoms with Crippen molar-refractivity contribution >= 4 is 11.8 Å². The first-order valence-corrected chi connectivity index (χ1v) is 10.4. The second-order valence-electron chi connectivity index (χ2n) is 7.49. The Balaban J connectivity index is 2.19. The highest BCUT2D eigenvalue weighted by atomic mass is 19.1. The molecule has 6 heteroatoms. The molecule has 0 aliphatic rings. The van der Waals surface area contributed by atoms with Crippen molar-refractivity contribution in [2.24, 2.45) is 0 Å². The molecule has 0 spiro atoms. The van der Waals surface area contributed by atoms with E-state index < -0.39 is 6.04 Å². The fraction of sp³-hybridized carbons (Fsp3) is 0.417. The molecule has 0 saturated heterocycles. The van der Waals surface area contributed by atoms with Gasteiger partial charge in [-0.1, -0.05) is 43.7 Å². The van der Waals surface area contributed by atoms with Crippen LogP contribution in [-0.4, -0.2) is 35.4 Å². The molecule has 0 unspecified atom stereocenters. The summed E-state index contributed by atoms with van der Waals surface area (Å²) in [4.78, 5) is 27.4. The minimum atomic E-state index is -0.641. The van der Waals surface area contributed by atoms with Crippen LogP contribution in [0.5, 0.6) is 5.75 Å². The Morgan fingerprint density at radius 1 is 1.03 bits per heavy atom. The van der Waals surface area contributed by atoms with E-state index in [0.717, 1.165) is 17.5 Å². The number of aryl methyl sites for hydroxylation is 1. The highest BCUT2D eigenvalue weighted by Crippen LogP contribution is 2.16. The first kappa shape index (κ1) is 23.4. The second kappa shape index (κ2) is 11.3. The van der Waals surface area contributed by atoms with Gasteiger partial charge in [0.25, 0.3) is 5.91 Å². The maximum absolute atomic E-state index is 13.3. The third kappa shape index (κ3) is 6.87. The van der Waals surface area contributed by atoms with Crippen LogP contribution in [0.4, 0.5) is 4.39 Å². The van der Waals surface area contributed by atoms with Crippen molar-refractivity contribution in [1.82, 2.24) is 10.2 Å². The molecule has 0 aliphatic carbocycles. The summed E-state index contributed by atoms with van der Waals surface area (Å²) in [6.07, 6.45) is 1.25. The van der Waals surface area contributed by atoms with Gasteiger partial charge in [0.1, 0.15) is 17.6 Å². The smallest absolute Gasteiger partial charge is 0.261 e. The van der Waals surface area contributed by atoms with Crippen molar-refractivity contribution in [1.29, 1.82) is 0 Å². The number of nitrogens with one attached hydrogen (secondary N) is 1. The number of halogens is 1. The lowest BCUT2D eigenvalue weighted by molar-refractivity contribution is -0.143. The molecule has 2 atom stereocenters. The minimum Gasteiger partial charge on any atom is -0.484 e. The molecular weight excluding hydrogens is 383 g/mol. The number of hydrogen-bond donors (Lipinski definition) is 1. The van der Waals surface area contributed by atoms with Crippen molar-refractivity contribution in [3.05, 3.63) is 65.5 Å². The molecule has 0 aliphatic heterocycles. The summed E-state index contributed by atoms with van der Waals surface area (Å²) in [6.45, 7) is 7.77. The summed E-state index contributed by atoms with van der Waals surface area (Å²) in [5, 5.41) is 2.96. The molecule has 0 bridgehead atoms. The van der Waals surface area contributed by atoms with Gasteiger partial charge in [0, 0.05) is 12.6 Å². The predicted molar refractivity (Wildman–Crippen MR) is 116 cm³/mol. The van der Waals surface area contributed by atoms with Gasteiger partial charge in [-0.3, -0.25) is 9.59 Å². The topological polar surface area (TPSA) is 58.6 Å². The number of carbonyl (C=O) groups is 2. The van der Waals surface area contributed by atoms with Crippen molar-refractivity contribution in [2.75, 3.05) is 6.61 Å². The van der Waals surface area contributed by atoms with E-state index in [4.69, 9.17) is 4.74 Å². The summed E-state index contributed by atoms with van der Waals surface area (Å²) >= 11 is 0. The molecule has 2 amide bonds. The number of rotatable bonds is 10. The van der Waals surface area contributed by atoms with Gasteiger partial charge in [-0.15, -0.1) is 0 Å². The van der Waals surface area contributed by atoms with Gasteiger partial charge in [0.2, 0.25) is 5.91 Å². The Morgan fingerprint density at radius 2 is 1.67 bits per heavy atom. The highest BCUT2D eigenvalue weighted by molar-refractivity contribution is 5.88. The van der Waals surface area contributed by atoms with E-state index in [-0.39, 0.29) is 36.8 Å². The summed E-state index contributed by atoms with van der Waals surface area (Å²) < 4.78 is 18.9. The Hall–Kier alpha value is -2.89. The highest BCUT2D eigenvalue weighted by Gasteiger charge is 2.29. The van der Waals surface area contributed by atoms with E-state index in [1.165, 1.54) is 17.0 Å². The zero-order valence-electron chi connectivity index (χ0n) is 18.2. The maximum Gasteiger partial charge on any atom is 0.261 e. The van der Waals surface area contributed by atoms with E-state index in [9.17, 15) is 14.0 Å². The van der Waals surface area contributed by atoms with Crippen LogP contribution in [0.25, 0.3) is 0 Å². The number of benzene rings is 2. The molecule has 0 heterocycles. The lowest BCUT2D eigenvalue weighted by Crippen LogP contribution is -2.51. The summed E-state index contributed by atoms with van der Waals surface area (Å²) in [6, 6.07) is 12.7. The third-order valence-corrected chi connectivity index (χ3v) is 5.04. The quantitative estimate of drug-likeness (QED) is 0.633. The van der Waals surface area contributed by atoms with Crippen LogP contribution >= 0.6 is 0 Å². The van der Waals surface area contributed by atoms with Gasteiger partial charge in [-0.2, -0.15) is 0 Å². The predicted octanol–water partition coefficient (Wildman–Crippen LogP) is 4.24. The molecule has 1 N–H and O–H groups in total. The molecule has 5 nitrogen and oxygen atoms in total. The van der Waals surface area contributed by atoms with Crippen LogP contribution in [0.3, 0.4) is 0 Å². The van der Waals surface area contributed by atoms with Gasteiger partial charge in [0.05, 0.1) is 0 Å². The average Bonchev–Trinajstić information content (AvgIpc) is 2.74. The van der Waals surface area contributed by atoms with Crippen LogP contribution in [0, 0.1) is 12.7 Å². The Kier molecular flexibility index (Phi) is 8.84. The minimum absolute atomic E-state index is 0.0122. The van der Waals surface area contributed by atoms with Crippen LogP contribution < -0.4 is 10.1 Å². The Morgan fingerprint density at radius 3 is 2.23 bits per heavy atom. The normalized spacial score (nSPS) is 12.7. The lowest BCUT2D eigenvalue weighted by atomic mass is 10.1. The monoisotopic (exact) mass is 414 g/mol. The van der Waals surface area contributed by atoms with Gasteiger partial charge < -0.3 is 15.0 Å². The molecule has 162 valence electrons. The third-order valence-electron chi connectivity index (χ3n) is 5.04.